The number of imidazole rings is 1. The van der Waals surface area contributed by atoms with Crippen LogP contribution in [0, 0.1) is 12.8 Å². The second kappa shape index (κ2) is 8.36. The number of benzene rings is 1. The monoisotopic (exact) mass is 405 g/mol. The fraction of sp³-hybridized carbons (Fsp3) is 0.273. The van der Waals surface area contributed by atoms with Gasteiger partial charge in [0.1, 0.15) is 17.4 Å². The minimum atomic E-state index is -0.378. The summed E-state index contributed by atoms with van der Waals surface area (Å²) in [6, 6.07) is 11.0. The molecule has 0 spiro atoms. The van der Waals surface area contributed by atoms with E-state index >= 15 is 0 Å². The van der Waals surface area contributed by atoms with Gasteiger partial charge in [-0.3, -0.25) is 14.2 Å². The molecule has 1 aliphatic rings. The lowest BCUT2D eigenvalue weighted by atomic mass is 10.1. The molecule has 2 amide bonds. The zero-order valence-electron chi connectivity index (χ0n) is 16.9. The van der Waals surface area contributed by atoms with Crippen molar-refractivity contribution in [3.05, 3.63) is 66.4 Å². The number of hydrogen-bond donors (Lipinski definition) is 1. The van der Waals surface area contributed by atoms with Gasteiger partial charge in [0.05, 0.1) is 13.0 Å². The Kier molecular flexibility index (Phi) is 5.47. The van der Waals surface area contributed by atoms with Crippen molar-refractivity contribution in [1.29, 1.82) is 0 Å². The number of anilines is 1. The second-order valence-electron chi connectivity index (χ2n) is 7.19. The van der Waals surface area contributed by atoms with Crippen LogP contribution in [0.2, 0.25) is 0 Å². The molecule has 8 heteroatoms. The number of methoxy groups -OCH3 is 1. The van der Waals surface area contributed by atoms with Crippen molar-refractivity contribution in [3.63, 3.8) is 0 Å². The molecule has 30 heavy (non-hydrogen) atoms. The maximum Gasteiger partial charge on any atom is 0.227 e. The van der Waals surface area contributed by atoms with Gasteiger partial charge in [0.2, 0.25) is 11.8 Å². The number of ether oxygens (including phenoxy) is 1. The van der Waals surface area contributed by atoms with Crippen LogP contribution < -0.4 is 15.0 Å². The zero-order valence-corrected chi connectivity index (χ0v) is 16.9. The van der Waals surface area contributed by atoms with Gasteiger partial charge in [0, 0.05) is 43.8 Å². The van der Waals surface area contributed by atoms with E-state index < -0.39 is 0 Å². The van der Waals surface area contributed by atoms with E-state index in [0.717, 1.165) is 28.6 Å². The topological polar surface area (TPSA) is 89.3 Å². The minimum Gasteiger partial charge on any atom is -0.497 e. The quantitative estimate of drug-likeness (QED) is 0.679. The second-order valence-corrected chi connectivity index (χ2v) is 7.19. The van der Waals surface area contributed by atoms with Gasteiger partial charge in [-0.15, -0.1) is 0 Å². The lowest BCUT2D eigenvalue weighted by Gasteiger charge is -2.17. The summed E-state index contributed by atoms with van der Waals surface area (Å²) in [6.07, 6.45) is 5.48. The molecular formula is C22H23N5O3. The number of rotatable bonds is 6. The summed E-state index contributed by atoms with van der Waals surface area (Å²) >= 11 is 0. The van der Waals surface area contributed by atoms with Crippen LogP contribution in [0.3, 0.4) is 0 Å². The van der Waals surface area contributed by atoms with Gasteiger partial charge in [-0.2, -0.15) is 0 Å². The predicted molar refractivity (Wildman–Crippen MR) is 111 cm³/mol. The number of aryl methyl sites for hydroxylation is 1. The third-order valence-electron chi connectivity index (χ3n) is 5.23. The van der Waals surface area contributed by atoms with Crippen LogP contribution in [0.25, 0.3) is 5.82 Å². The summed E-state index contributed by atoms with van der Waals surface area (Å²) < 4.78 is 7.04. The molecule has 1 saturated heterocycles. The third kappa shape index (κ3) is 4.03. The summed E-state index contributed by atoms with van der Waals surface area (Å²) in [4.78, 5) is 35.3. The van der Waals surface area contributed by atoms with Crippen molar-refractivity contribution in [2.45, 2.75) is 19.9 Å². The van der Waals surface area contributed by atoms with Crippen LogP contribution in [0.15, 0.2) is 55.0 Å². The van der Waals surface area contributed by atoms with Crippen molar-refractivity contribution in [3.8, 4) is 11.6 Å². The Labute approximate surface area is 174 Å². The molecule has 0 bridgehead atoms. The van der Waals surface area contributed by atoms with Crippen LogP contribution in [0.5, 0.6) is 5.75 Å². The highest BCUT2D eigenvalue weighted by atomic mass is 16.5. The summed E-state index contributed by atoms with van der Waals surface area (Å²) in [6.45, 7) is 2.64. The minimum absolute atomic E-state index is 0.0536. The first-order valence-corrected chi connectivity index (χ1v) is 9.72. The number of aromatic nitrogens is 3. The Morgan fingerprint density at radius 2 is 2.00 bits per heavy atom. The number of nitrogens with one attached hydrogen (secondary N) is 1. The van der Waals surface area contributed by atoms with E-state index in [1.165, 1.54) is 0 Å². The van der Waals surface area contributed by atoms with Gasteiger partial charge >= 0.3 is 0 Å². The number of nitrogens with zero attached hydrogens (tertiary/aromatic N) is 4. The van der Waals surface area contributed by atoms with Gasteiger partial charge in [0.25, 0.3) is 0 Å². The number of carbonyl (C=O) groups is 2. The highest BCUT2D eigenvalue weighted by Gasteiger charge is 2.35. The van der Waals surface area contributed by atoms with E-state index in [4.69, 9.17) is 4.74 Å². The van der Waals surface area contributed by atoms with Crippen LogP contribution >= 0.6 is 0 Å². The van der Waals surface area contributed by atoms with Gasteiger partial charge in [-0.1, -0.05) is 0 Å². The lowest BCUT2D eigenvalue weighted by molar-refractivity contribution is -0.126. The smallest absolute Gasteiger partial charge is 0.227 e. The van der Waals surface area contributed by atoms with Crippen LogP contribution in [-0.2, 0) is 16.1 Å². The normalized spacial score (nSPS) is 16.0. The van der Waals surface area contributed by atoms with Gasteiger partial charge in [-0.25, -0.2) is 9.97 Å². The van der Waals surface area contributed by atoms with Gasteiger partial charge < -0.3 is 15.0 Å². The molecule has 154 valence electrons. The maximum absolute atomic E-state index is 12.7. The van der Waals surface area contributed by atoms with E-state index in [1.807, 2.05) is 42.0 Å². The molecule has 3 aromatic rings. The molecule has 8 nitrogen and oxygen atoms in total. The molecule has 1 unspecified atom stereocenters. The van der Waals surface area contributed by atoms with Crippen molar-refractivity contribution < 1.29 is 14.3 Å². The molecule has 0 saturated carbocycles. The molecule has 2 aromatic heterocycles. The summed E-state index contributed by atoms with van der Waals surface area (Å²) in [7, 11) is 1.60. The van der Waals surface area contributed by atoms with E-state index in [0.29, 0.717) is 13.1 Å². The predicted octanol–water partition coefficient (Wildman–Crippen LogP) is 2.25. The van der Waals surface area contributed by atoms with Gasteiger partial charge in [-0.05, 0) is 48.9 Å². The SMILES string of the molecule is COc1ccc(N2CC(C(=O)NCc3ccnc(-n4ccnc4C)c3)CC2=O)cc1. The summed E-state index contributed by atoms with van der Waals surface area (Å²) in [5.74, 6) is 1.75. The Balaban J connectivity index is 1.38. The third-order valence-corrected chi connectivity index (χ3v) is 5.23. The van der Waals surface area contributed by atoms with Crippen LogP contribution in [0.1, 0.15) is 17.8 Å². The first-order chi connectivity index (χ1) is 14.5. The van der Waals surface area contributed by atoms with Crippen LogP contribution in [-0.4, -0.2) is 40.0 Å². The summed E-state index contributed by atoms with van der Waals surface area (Å²) in [5.41, 5.74) is 1.70. The Morgan fingerprint density at radius 3 is 2.70 bits per heavy atom. The average molecular weight is 405 g/mol. The van der Waals surface area contributed by atoms with Crippen molar-refractivity contribution in [2.75, 3.05) is 18.6 Å². The molecule has 1 aliphatic heterocycles. The zero-order chi connectivity index (χ0) is 21.1. The maximum atomic E-state index is 12.7. The fourth-order valence-corrected chi connectivity index (χ4v) is 3.55. The molecule has 1 atom stereocenters. The van der Waals surface area contributed by atoms with E-state index in [9.17, 15) is 9.59 Å². The van der Waals surface area contributed by atoms with E-state index in [1.54, 1.807) is 36.5 Å². The van der Waals surface area contributed by atoms with Crippen molar-refractivity contribution in [1.82, 2.24) is 19.9 Å². The van der Waals surface area contributed by atoms with E-state index in [-0.39, 0.29) is 24.2 Å². The fourth-order valence-electron chi connectivity index (χ4n) is 3.55. The molecule has 0 aliphatic carbocycles. The van der Waals surface area contributed by atoms with Crippen molar-refractivity contribution in [2.24, 2.45) is 5.92 Å². The molecule has 1 aromatic carbocycles. The average Bonchev–Trinajstić information content (AvgIpc) is 3.38. The molecule has 4 rings (SSSR count). The number of pyridine rings is 1. The molecule has 1 fully saturated rings. The standard InChI is InChI=1S/C22H23N5O3/c1-15-23-9-10-26(15)20-11-16(7-8-24-20)13-25-22(29)17-12-21(28)27(14-17)18-3-5-19(30-2)6-4-18/h3-11,17H,12-14H2,1-2H3,(H,25,29). The Morgan fingerprint density at radius 1 is 1.20 bits per heavy atom. The molecule has 1 N–H and O–H groups in total. The Hall–Kier alpha value is -3.68. The number of carbonyl (C=O) groups excluding carboxylic acids is 2. The first-order valence-electron chi connectivity index (χ1n) is 9.72. The lowest BCUT2D eigenvalue weighted by Crippen LogP contribution is -2.32. The highest BCUT2D eigenvalue weighted by molar-refractivity contribution is 6.00. The Bertz CT molecular complexity index is 1060. The highest BCUT2D eigenvalue weighted by Crippen LogP contribution is 2.27. The van der Waals surface area contributed by atoms with Crippen molar-refractivity contribution >= 4 is 17.5 Å². The number of hydrogen-bond acceptors (Lipinski definition) is 5. The molecule has 3 heterocycles. The largest absolute Gasteiger partial charge is 0.497 e. The van der Waals surface area contributed by atoms with E-state index in [2.05, 4.69) is 15.3 Å². The summed E-state index contributed by atoms with van der Waals surface area (Å²) in [5, 5.41) is 2.95. The molecule has 0 radical (unpaired) electrons. The van der Waals surface area contributed by atoms with Gasteiger partial charge in [0.15, 0.2) is 0 Å². The number of amides is 2. The van der Waals surface area contributed by atoms with Crippen LogP contribution in [0.4, 0.5) is 5.69 Å². The first kappa shape index (κ1) is 19.6. The molecular weight excluding hydrogens is 382 g/mol.